The number of fused-ring (bicyclic) bond motifs is 28. The average molecular weight is 1530 g/mol. The minimum absolute atomic E-state index is 0.194. The molecule has 0 unspecified atom stereocenters. The van der Waals surface area contributed by atoms with Crippen LogP contribution in [0.2, 0.25) is 0 Å². The van der Waals surface area contributed by atoms with Crippen LogP contribution in [-0.2, 0) is 42.4 Å². The summed E-state index contributed by atoms with van der Waals surface area (Å²) in [6, 6.07) is 141. The molecule has 0 N–H and O–H groups in total. The Morgan fingerprint density at radius 1 is 0.160 bits per heavy atom. The molecule has 0 saturated carbocycles. The highest BCUT2D eigenvalue weighted by Crippen LogP contribution is 2.65. The van der Waals surface area contributed by atoms with Gasteiger partial charge in [0.1, 0.15) is 0 Å². The van der Waals surface area contributed by atoms with Crippen molar-refractivity contribution in [1.29, 1.82) is 0 Å². The van der Waals surface area contributed by atoms with Crippen LogP contribution in [0.1, 0.15) is 122 Å². The zero-order chi connectivity index (χ0) is 78.3. The molecule has 0 fully saturated rings. The van der Waals surface area contributed by atoms with Crippen molar-refractivity contribution in [3.8, 4) is 66.8 Å². The van der Waals surface area contributed by atoms with Crippen molar-refractivity contribution in [3.05, 3.63) is 408 Å². The van der Waals surface area contributed by atoms with E-state index in [1.807, 2.05) is 0 Å². The van der Waals surface area contributed by atoms with E-state index in [2.05, 4.69) is 382 Å². The van der Waals surface area contributed by atoms with E-state index in [0.29, 0.717) is 0 Å². The molecule has 16 aromatic carbocycles. The summed E-state index contributed by atoms with van der Waals surface area (Å²) in [5.41, 5.74) is 37.1. The molecule has 0 radical (unpaired) electrons. The minimum Gasteiger partial charge on any atom is -0.340 e. The van der Waals surface area contributed by atoms with E-state index < -0.39 is 5.41 Å². The highest BCUT2D eigenvalue weighted by molar-refractivity contribution is 6.11. The lowest BCUT2D eigenvalue weighted by atomic mass is 9.69. The first-order valence-corrected chi connectivity index (χ1v) is 43.8. The zero-order valence-corrected chi connectivity index (χ0v) is 67.2. The molecule has 1 spiro atoms. The third-order valence-electron chi connectivity index (χ3n) is 29.0. The van der Waals surface area contributed by atoms with Crippen molar-refractivity contribution in [3.63, 3.8) is 0 Å². The molecule has 572 valence electrons. The number of para-hydroxylation sites is 8. The molecule has 0 amide bonds. The number of rotatable bonds is 22. The Morgan fingerprint density at radius 2 is 0.353 bits per heavy atom. The van der Waals surface area contributed by atoms with Crippen molar-refractivity contribution in [2.75, 3.05) is 0 Å². The van der Waals surface area contributed by atoms with E-state index in [4.69, 9.17) is 0 Å². The maximum Gasteiger partial charge on any atom is 0.0725 e. The lowest BCUT2D eigenvalue weighted by Gasteiger charge is -2.33. The largest absolute Gasteiger partial charge is 0.340 e. The Bertz CT molecular complexity index is 6590. The summed E-state index contributed by atoms with van der Waals surface area (Å²) in [6.07, 6.45) is 13.0. The van der Waals surface area contributed by atoms with Crippen LogP contribution in [0, 0.1) is 0 Å². The van der Waals surface area contributed by atoms with Crippen LogP contribution < -0.4 is 0 Å². The normalized spacial score (nSPS) is 14.1. The van der Waals surface area contributed by atoms with Crippen LogP contribution in [-0.4, -0.2) is 18.3 Å². The third-order valence-corrected chi connectivity index (χ3v) is 29.0. The first-order valence-electron chi connectivity index (χ1n) is 43.8. The summed E-state index contributed by atoms with van der Waals surface area (Å²) in [5.74, 6) is 0. The van der Waals surface area contributed by atoms with E-state index >= 15 is 0 Å². The highest BCUT2D eigenvalue weighted by Gasteiger charge is 2.52. The molecule has 4 heterocycles. The van der Waals surface area contributed by atoms with Crippen LogP contribution >= 0.6 is 0 Å². The number of benzene rings is 16. The molecule has 4 aromatic heterocycles. The second-order valence-electron chi connectivity index (χ2n) is 34.7. The Labute approximate surface area is 695 Å². The summed E-state index contributed by atoms with van der Waals surface area (Å²) < 4.78 is 10.4. The quantitative estimate of drug-likeness (QED) is 0.0603. The van der Waals surface area contributed by atoms with Crippen LogP contribution in [0.25, 0.3) is 154 Å². The number of unbranched alkanes of at least 4 members (excludes halogenated alkanes) is 4. The van der Waals surface area contributed by atoms with Crippen molar-refractivity contribution >= 4 is 87.2 Å². The van der Waals surface area contributed by atoms with E-state index in [1.54, 1.807) is 0 Å². The summed E-state index contributed by atoms with van der Waals surface area (Å²) in [5, 5.41) is 10.7. The fraction of sp³-hybridized carbons (Fsp3) is 0.165. The van der Waals surface area contributed by atoms with E-state index in [0.717, 1.165) is 103 Å². The van der Waals surface area contributed by atoms with Crippen molar-refractivity contribution < 1.29 is 0 Å². The van der Waals surface area contributed by atoms with Crippen molar-refractivity contribution in [2.45, 2.75) is 119 Å². The smallest absolute Gasteiger partial charge is 0.0725 e. The fourth-order valence-corrected chi connectivity index (χ4v) is 23.9. The standard InChI is InChI=1S/C115H92N4/c1-13-45-97-81(33-1)85-61-57-77(73-101(85)113(97,65-25-29-69-116-105-49-17-5-37-89(105)90-38-6-18-50-106(90)116)66-26-30-70-117-107-51-19-7-39-91(107)92-40-8-20-52-108(92)117)79-59-63-87-88-64-60-80(76-104(88)115(103(87)75-79)99-47-15-3-35-83(99)84-36-4-16-48-100(84)115)78-58-62-86-82-34-2-14-46-98(82)114(102(86)74-78,67-27-31-71-118-109-53-21-9-41-93(109)94-42-10-22-54-110(94)118)68-28-32-72-119-111-55-23-11-43-95(111)96-44-12-24-56-112(96)119/h1-24,33-64,73-76H,25-32,65-72H2. The van der Waals surface area contributed by atoms with Gasteiger partial charge in [0.05, 0.1) is 5.41 Å². The molecule has 0 bridgehead atoms. The summed E-state index contributed by atoms with van der Waals surface area (Å²) in [7, 11) is 0. The minimum atomic E-state index is -0.573. The van der Waals surface area contributed by atoms with Gasteiger partial charge in [0.15, 0.2) is 0 Å². The molecule has 4 aliphatic carbocycles. The maximum atomic E-state index is 2.67. The van der Waals surface area contributed by atoms with E-state index in [-0.39, 0.29) is 10.8 Å². The monoisotopic (exact) mass is 1530 g/mol. The van der Waals surface area contributed by atoms with Gasteiger partial charge in [0, 0.05) is 124 Å². The zero-order valence-electron chi connectivity index (χ0n) is 67.2. The first-order chi connectivity index (χ1) is 59.0. The second-order valence-corrected chi connectivity index (χ2v) is 34.7. The Balaban J connectivity index is 0.605. The van der Waals surface area contributed by atoms with Crippen LogP contribution in [0.3, 0.4) is 0 Å². The van der Waals surface area contributed by atoms with Gasteiger partial charge in [-0.1, -0.05) is 317 Å². The number of hydrogen-bond donors (Lipinski definition) is 0. The van der Waals surface area contributed by atoms with Crippen LogP contribution in [0.4, 0.5) is 0 Å². The molecule has 119 heavy (non-hydrogen) atoms. The van der Waals surface area contributed by atoms with Gasteiger partial charge in [0.2, 0.25) is 0 Å². The molecule has 4 heteroatoms. The Morgan fingerprint density at radius 3 is 0.613 bits per heavy atom. The van der Waals surface area contributed by atoms with E-state index in [9.17, 15) is 0 Å². The molecule has 24 rings (SSSR count). The Kier molecular flexibility index (Phi) is 16.4. The molecular formula is C115H92N4. The van der Waals surface area contributed by atoms with E-state index in [1.165, 1.54) is 198 Å². The molecule has 0 atom stereocenters. The molecular weight excluding hydrogens is 1440 g/mol. The molecule has 0 aliphatic heterocycles. The van der Waals surface area contributed by atoms with Crippen LogP contribution in [0.15, 0.2) is 364 Å². The van der Waals surface area contributed by atoms with Crippen molar-refractivity contribution in [1.82, 2.24) is 18.3 Å². The Hall–Kier alpha value is -13.3. The maximum absolute atomic E-state index is 2.67. The van der Waals surface area contributed by atoms with Gasteiger partial charge < -0.3 is 18.3 Å². The SMILES string of the molecule is c1ccc2c(c1)-c1ccc(-c3ccc4c(c3)C3(c5ccccc5-c5ccccc53)c3cc(-c5ccc6c(c5)C(CCCCn5c7ccccc7c7ccccc75)(CCCCn5c7ccccc7c7ccccc75)c5ccccc5-6)ccc3-4)cc1C2(CCCCn1c2ccccc2c2ccccc21)CCCCn1c2ccccc2c2ccccc21. The van der Waals surface area contributed by atoms with Gasteiger partial charge in [-0.25, -0.2) is 0 Å². The van der Waals surface area contributed by atoms with Gasteiger partial charge in [-0.3, -0.25) is 0 Å². The predicted octanol–water partition coefficient (Wildman–Crippen LogP) is 29.8. The topological polar surface area (TPSA) is 19.7 Å². The van der Waals surface area contributed by atoms with Gasteiger partial charge >= 0.3 is 0 Å². The van der Waals surface area contributed by atoms with Gasteiger partial charge in [0.25, 0.3) is 0 Å². The first kappa shape index (κ1) is 70.0. The number of nitrogens with zero attached hydrogens (tertiary/aromatic N) is 4. The molecule has 20 aromatic rings. The highest BCUT2D eigenvalue weighted by atomic mass is 15.0. The van der Waals surface area contributed by atoms with Gasteiger partial charge in [-0.15, -0.1) is 0 Å². The van der Waals surface area contributed by atoms with Crippen molar-refractivity contribution in [2.24, 2.45) is 0 Å². The number of hydrogen-bond acceptors (Lipinski definition) is 0. The third kappa shape index (κ3) is 10.6. The molecule has 4 aliphatic rings. The van der Waals surface area contributed by atoms with Crippen LogP contribution in [0.5, 0.6) is 0 Å². The van der Waals surface area contributed by atoms with Gasteiger partial charge in [-0.05, 0) is 235 Å². The van der Waals surface area contributed by atoms with Gasteiger partial charge in [-0.2, -0.15) is 0 Å². The summed E-state index contributed by atoms with van der Waals surface area (Å²) in [6.45, 7) is 3.89. The molecule has 0 saturated heterocycles. The number of aryl methyl sites for hydroxylation is 4. The average Bonchev–Trinajstić information content (AvgIpc) is 1.50. The second kappa shape index (κ2) is 28.0. The summed E-state index contributed by atoms with van der Waals surface area (Å²) in [4.78, 5) is 0. The summed E-state index contributed by atoms with van der Waals surface area (Å²) >= 11 is 0. The predicted molar refractivity (Wildman–Crippen MR) is 499 cm³/mol. The molecule has 4 nitrogen and oxygen atoms in total. The number of aromatic nitrogens is 4. The fourth-order valence-electron chi connectivity index (χ4n) is 23.9. The lowest BCUT2D eigenvalue weighted by Crippen LogP contribution is -2.26. The lowest BCUT2D eigenvalue weighted by molar-refractivity contribution is 0.397.